The van der Waals surface area contributed by atoms with Crippen LogP contribution in [0.1, 0.15) is 47.0 Å². The number of hydrogen-bond donors (Lipinski definition) is 0. The molecule has 0 spiro atoms. The van der Waals surface area contributed by atoms with Crippen LogP contribution in [-0.2, 0) is 9.57 Å². The van der Waals surface area contributed by atoms with Crippen LogP contribution in [0.4, 0.5) is 5.69 Å². The van der Waals surface area contributed by atoms with Gasteiger partial charge in [0.2, 0.25) is 0 Å². The van der Waals surface area contributed by atoms with Crippen molar-refractivity contribution in [2.45, 2.75) is 64.3 Å². The van der Waals surface area contributed by atoms with E-state index in [0.717, 1.165) is 26.0 Å². The van der Waals surface area contributed by atoms with Gasteiger partial charge in [-0.1, -0.05) is 18.2 Å². The van der Waals surface area contributed by atoms with Crippen LogP contribution >= 0.6 is 0 Å². The summed E-state index contributed by atoms with van der Waals surface area (Å²) in [7, 11) is 0. The molecule has 0 amide bonds. The lowest BCUT2D eigenvalue weighted by atomic mass is 9.82. The third-order valence-corrected chi connectivity index (χ3v) is 5.08. The van der Waals surface area contributed by atoms with E-state index in [1.54, 1.807) is 0 Å². The van der Waals surface area contributed by atoms with Gasteiger partial charge >= 0.3 is 0 Å². The summed E-state index contributed by atoms with van der Waals surface area (Å²) in [5.41, 5.74) is 1.29. The molecule has 3 rings (SSSR count). The van der Waals surface area contributed by atoms with E-state index in [9.17, 15) is 0 Å². The number of piperidine rings is 1. The summed E-state index contributed by atoms with van der Waals surface area (Å²) in [6, 6.07) is 10.5. The predicted octanol–water partition coefficient (Wildman–Crippen LogP) is 3.82. The Morgan fingerprint density at radius 3 is 2.35 bits per heavy atom. The second kappa shape index (κ2) is 6.42. The highest BCUT2D eigenvalue weighted by molar-refractivity contribution is 5.46. The first-order valence-corrected chi connectivity index (χ1v) is 8.77. The molecule has 0 aromatic heterocycles. The molecule has 1 aromatic carbocycles. The molecule has 0 radical (unpaired) electrons. The summed E-state index contributed by atoms with van der Waals surface area (Å²) >= 11 is 0. The molecule has 2 fully saturated rings. The number of rotatable bonds is 3. The maximum Gasteiger partial charge on any atom is 0.174 e. The van der Waals surface area contributed by atoms with E-state index in [4.69, 9.17) is 9.57 Å². The van der Waals surface area contributed by atoms with E-state index in [1.807, 2.05) is 0 Å². The van der Waals surface area contributed by atoms with Gasteiger partial charge in [0, 0.05) is 23.3 Å². The van der Waals surface area contributed by atoms with Gasteiger partial charge in [0.1, 0.15) is 0 Å². The summed E-state index contributed by atoms with van der Waals surface area (Å²) in [5.74, 6) is 0. The van der Waals surface area contributed by atoms with Gasteiger partial charge in [-0.3, -0.25) is 4.84 Å². The number of ether oxygens (including phenoxy) is 1. The molecule has 2 aliphatic rings. The van der Waals surface area contributed by atoms with E-state index >= 15 is 0 Å². The molecule has 23 heavy (non-hydrogen) atoms. The largest absolute Gasteiger partial charge is 0.375 e. The van der Waals surface area contributed by atoms with E-state index in [2.05, 4.69) is 68.0 Å². The number of nitrogens with zero attached hydrogens (tertiary/aromatic N) is 2. The molecule has 4 nitrogen and oxygen atoms in total. The highest BCUT2D eigenvalue weighted by Gasteiger charge is 2.44. The zero-order valence-corrected chi connectivity index (χ0v) is 14.9. The Labute approximate surface area is 140 Å². The molecule has 0 saturated carbocycles. The van der Waals surface area contributed by atoms with Crippen molar-refractivity contribution in [1.29, 1.82) is 0 Å². The van der Waals surface area contributed by atoms with Crippen molar-refractivity contribution in [3.05, 3.63) is 30.3 Å². The second-order valence-corrected chi connectivity index (χ2v) is 7.94. The summed E-state index contributed by atoms with van der Waals surface area (Å²) in [4.78, 5) is 8.89. The standard InChI is InChI=1S/C19H30N2O2/c1-18(2)11-8-12-19(3,4)21(18)23-17-15-22-14-13-20(17)16-9-6-5-7-10-16/h5-7,9-10,17H,8,11-15H2,1-4H3. The van der Waals surface area contributed by atoms with Gasteiger partial charge in [0.05, 0.1) is 13.2 Å². The topological polar surface area (TPSA) is 24.9 Å². The molecule has 2 heterocycles. The number of hydrogen-bond acceptors (Lipinski definition) is 4. The maximum atomic E-state index is 6.56. The number of anilines is 1. The van der Waals surface area contributed by atoms with Crippen molar-refractivity contribution in [3.63, 3.8) is 0 Å². The predicted molar refractivity (Wildman–Crippen MR) is 93.3 cm³/mol. The van der Waals surface area contributed by atoms with Crippen molar-refractivity contribution in [3.8, 4) is 0 Å². The van der Waals surface area contributed by atoms with Crippen LogP contribution in [0.15, 0.2) is 30.3 Å². The van der Waals surface area contributed by atoms with Crippen LogP contribution < -0.4 is 4.90 Å². The molecular formula is C19H30N2O2. The van der Waals surface area contributed by atoms with Crippen LogP contribution in [-0.4, -0.2) is 42.1 Å². The fraction of sp³-hybridized carbons (Fsp3) is 0.684. The molecule has 4 heteroatoms. The summed E-state index contributed by atoms with van der Waals surface area (Å²) in [6.45, 7) is 11.4. The van der Waals surface area contributed by atoms with E-state index in [1.165, 1.54) is 12.1 Å². The number of morpholine rings is 1. The minimum atomic E-state index is -0.0669. The van der Waals surface area contributed by atoms with Crippen molar-refractivity contribution < 1.29 is 9.57 Å². The van der Waals surface area contributed by atoms with Crippen LogP contribution in [0.5, 0.6) is 0 Å². The van der Waals surface area contributed by atoms with E-state index < -0.39 is 0 Å². The van der Waals surface area contributed by atoms with E-state index in [0.29, 0.717) is 6.61 Å². The van der Waals surface area contributed by atoms with Gasteiger partial charge < -0.3 is 9.64 Å². The third-order valence-electron chi connectivity index (χ3n) is 5.08. The van der Waals surface area contributed by atoms with E-state index in [-0.39, 0.29) is 17.3 Å². The minimum Gasteiger partial charge on any atom is -0.375 e. The fourth-order valence-corrected chi connectivity index (χ4v) is 3.97. The Morgan fingerprint density at radius 1 is 1.04 bits per heavy atom. The molecule has 1 atom stereocenters. The van der Waals surface area contributed by atoms with Crippen molar-refractivity contribution in [2.24, 2.45) is 0 Å². The summed E-state index contributed by atoms with van der Waals surface area (Å²) in [6.07, 6.45) is 3.51. The van der Waals surface area contributed by atoms with Crippen LogP contribution in [0.2, 0.25) is 0 Å². The lowest BCUT2D eigenvalue weighted by Crippen LogP contribution is -2.62. The van der Waals surface area contributed by atoms with Gasteiger partial charge in [-0.05, 0) is 59.1 Å². The average Bonchev–Trinajstić information content (AvgIpc) is 2.52. The lowest BCUT2D eigenvalue weighted by molar-refractivity contribution is -0.313. The van der Waals surface area contributed by atoms with Crippen LogP contribution in [0.3, 0.4) is 0 Å². The molecule has 2 saturated heterocycles. The molecule has 1 aromatic rings. The molecule has 0 bridgehead atoms. The highest BCUT2D eigenvalue weighted by Crippen LogP contribution is 2.39. The quantitative estimate of drug-likeness (QED) is 0.846. The number of benzene rings is 1. The first-order valence-electron chi connectivity index (χ1n) is 8.77. The van der Waals surface area contributed by atoms with Gasteiger partial charge in [0.15, 0.2) is 6.23 Å². The molecule has 1 unspecified atom stereocenters. The molecule has 0 aliphatic carbocycles. The highest BCUT2D eigenvalue weighted by atomic mass is 16.7. The fourth-order valence-electron chi connectivity index (χ4n) is 3.97. The first kappa shape index (κ1) is 16.7. The van der Waals surface area contributed by atoms with Crippen molar-refractivity contribution >= 4 is 5.69 Å². The van der Waals surface area contributed by atoms with Crippen LogP contribution in [0.25, 0.3) is 0 Å². The second-order valence-electron chi connectivity index (χ2n) is 7.94. The van der Waals surface area contributed by atoms with Crippen molar-refractivity contribution in [2.75, 3.05) is 24.7 Å². The summed E-state index contributed by atoms with van der Waals surface area (Å²) in [5, 5.41) is 2.23. The maximum absolute atomic E-state index is 6.56. The van der Waals surface area contributed by atoms with Crippen molar-refractivity contribution in [1.82, 2.24) is 5.06 Å². The normalized spacial score (nSPS) is 27.8. The van der Waals surface area contributed by atoms with Gasteiger partial charge in [-0.15, -0.1) is 0 Å². The zero-order chi connectivity index (χ0) is 16.5. The number of para-hydroxylation sites is 1. The molecule has 0 N–H and O–H groups in total. The summed E-state index contributed by atoms with van der Waals surface area (Å²) < 4.78 is 5.72. The Bertz CT molecular complexity index is 499. The van der Waals surface area contributed by atoms with Gasteiger partial charge in [0.25, 0.3) is 0 Å². The molecule has 128 valence electrons. The average molecular weight is 318 g/mol. The van der Waals surface area contributed by atoms with Gasteiger partial charge in [-0.2, -0.15) is 5.06 Å². The molecule has 2 aliphatic heterocycles. The Kier molecular flexibility index (Phi) is 4.68. The number of hydroxylamine groups is 2. The lowest BCUT2D eigenvalue weighted by Gasteiger charge is -2.53. The minimum absolute atomic E-state index is 0.0432. The van der Waals surface area contributed by atoms with Crippen LogP contribution in [0, 0.1) is 0 Å². The van der Waals surface area contributed by atoms with Gasteiger partial charge in [-0.25, -0.2) is 0 Å². The molecular weight excluding hydrogens is 288 g/mol. The Morgan fingerprint density at radius 2 is 1.70 bits per heavy atom. The SMILES string of the molecule is CC1(C)CCCC(C)(C)N1OC1COCCN1c1ccccc1. The smallest absolute Gasteiger partial charge is 0.174 e. The first-order chi connectivity index (χ1) is 10.9. The zero-order valence-electron chi connectivity index (χ0n) is 14.9. The Hall–Kier alpha value is -1.10. The monoisotopic (exact) mass is 318 g/mol. The Balaban J connectivity index is 1.81. The third kappa shape index (κ3) is 3.54.